The fraction of sp³-hybridized carbons (Fsp3) is 0.824. The van der Waals surface area contributed by atoms with E-state index >= 15 is 0 Å². The molecule has 0 aromatic heterocycles. The zero-order chi connectivity index (χ0) is 16.4. The summed E-state index contributed by atoms with van der Waals surface area (Å²) in [7, 11) is 0. The topological polar surface area (TPSA) is 52.6 Å². The third-order valence-corrected chi connectivity index (χ3v) is 5.54. The molecule has 1 unspecified atom stereocenters. The molecule has 1 heterocycles. The molecule has 1 aliphatic rings. The highest BCUT2D eigenvalue weighted by Crippen LogP contribution is 2.28. The normalized spacial score (nSPS) is 20.0. The van der Waals surface area contributed by atoms with E-state index < -0.39 is 11.4 Å². The van der Waals surface area contributed by atoms with Crippen molar-refractivity contribution in [3.8, 4) is 0 Å². The van der Waals surface area contributed by atoms with Crippen molar-refractivity contribution in [2.75, 3.05) is 18.9 Å². The molecule has 5 heteroatoms. The zero-order valence-electron chi connectivity index (χ0n) is 14.3. The van der Waals surface area contributed by atoms with Gasteiger partial charge in [0.2, 0.25) is 0 Å². The first-order valence-corrected chi connectivity index (χ1v) is 9.95. The first-order chi connectivity index (χ1) is 10.7. The first kappa shape index (κ1) is 19.5. The Balaban J connectivity index is 2.65. The molecule has 1 rings (SSSR count). The molecule has 4 nitrogen and oxygen atoms in total. The number of carbonyl (C=O) groups is 1. The van der Waals surface area contributed by atoms with E-state index in [1.54, 1.807) is 0 Å². The van der Waals surface area contributed by atoms with E-state index in [2.05, 4.69) is 13.8 Å². The Morgan fingerprint density at radius 3 is 2.64 bits per heavy atom. The number of unbranched alkanes of at least 4 members (excludes halogenated alkanes) is 4. The second kappa shape index (κ2) is 11.1. The summed E-state index contributed by atoms with van der Waals surface area (Å²) in [6, 6.07) is -0.0337. The highest BCUT2D eigenvalue weighted by atomic mass is 32.2. The van der Waals surface area contributed by atoms with Crippen LogP contribution in [0.25, 0.3) is 0 Å². The van der Waals surface area contributed by atoms with E-state index in [1.807, 2.05) is 17.3 Å². The number of ether oxygens (including phenoxy) is 1. The van der Waals surface area contributed by atoms with Gasteiger partial charge in [-0.15, -0.1) is 4.31 Å². The molecule has 0 saturated heterocycles. The van der Waals surface area contributed by atoms with Crippen LogP contribution in [-0.2, 0) is 20.9 Å². The van der Waals surface area contributed by atoms with E-state index in [0.29, 0.717) is 24.5 Å². The number of nitrogens with zero attached hydrogens (tertiary/aromatic N) is 1. The highest BCUT2D eigenvalue weighted by Gasteiger charge is 2.38. The molecular formula is C17H31NO3S. The average molecular weight is 330 g/mol. The van der Waals surface area contributed by atoms with Gasteiger partial charge in [-0.25, -0.2) is 4.79 Å². The number of hydrogen-bond acceptors (Lipinski definition) is 4. The van der Waals surface area contributed by atoms with Crippen molar-refractivity contribution >= 4 is 17.3 Å². The lowest BCUT2D eigenvalue weighted by molar-refractivity contribution is -0.138. The molecule has 0 aliphatic carbocycles. The lowest BCUT2D eigenvalue weighted by Gasteiger charge is -2.27. The van der Waals surface area contributed by atoms with Crippen LogP contribution in [0.2, 0.25) is 0 Å². The monoisotopic (exact) mass is 329 g/mol. The maximum absolute atomic E-state index is 12.5. The molecule has 1 aliphatic heterocycles. The van der Waals surface area contributed by atoms with Crippen LogP contribution in [-0.4, -0.2) is 39.8 Å². The average Bonchev–Trinajstić information content (AvgIpc) is 2.93. The Morgan fingerprint density at radius 2 is 2.00 bits per heavy atom. The minimum Gasteiger partial charge on any atom is -0.598 e. The maximum atomic E-state index is 12.5. The zero-order valence-corrected chi connectivity index (χ0v) is 15.1. The van der Waals surface area contributed by atoms with Crippen LogP contribution < -0.4 is 0 Å². The quantitative estimate of drug-likeness (QED) is 0.330. The molecule has 0 aromatic carbocycles. The van der Waals surface area contributed by atoms with Crippen molar-refractivity contribution < 1.29 is 14.1 Å². The van der Waals surface area contributed by atoms with E-state index in [9.17, 15) is 9.35 Å². The Morgan fingerprint density at radius 1 is 1.27 bits per heavy atom. The molecule has 2 atom stereocenters. The van der Waals surface area contributed by atoms with Gasteiger partial charge >= 0.3 is 5.97 Å². The summed E-state index contributed by atoms with van der Waals surface area (Å²) in [5.41, 5.74) is 0.711. The number of carbonyl (C=O) groups excluding carboxylic acids is 1. The fourth-order valence-corrected chi connectivity index (χ4v) is 4.23. The lowest BCUT2D eigenvalue weighted by atomic mass is 10.0. The third kappa shape index (κ3) is 5.94. The summed E-state index contributed by atoms with van der Waals surface area (Å²) in [5, 5.41) is 0. The van der Waals surface area contributed by atoms with E-state index in [0.717, 1.165) is 25.7 Å². The first-order valence-electron chi connectivity index (χ1n) is 8.67. The van der Waals surface area contributed by atoms with Crippen LogP contribution in [0.4, 0.5) is 0 Å². The van der Waals surface area contributed by atoms with Gasteiger partial charge in [-0.05, 0) is 19.8 Å². The van der Waals surface area contributed by atoms with Gasteiger partial charge in [0.25, 0.3) is 0 Å². The summed E-state index contributed by atoms with van der Waals surface area (Å²) in [5.74, 6) is 0.448. The lowest BCUT2D eigenvalue weighted by Crippen LogP contribution is -2.40. The van der Waals surface area contributed by atoms with Crippen LogP contribution in [0.5, 0.6) is 0 Å². The SMILES string of the molecule is CCCCCC[C@H]1C(C(=O)OCC)=CCN1[S+]([O-])CCCC. The van der Waals surface area contributed by atoms with Crippen molar-refractivity contribution in [3.05, 3.63) is 11.6 Å². The number of hydrogen-bond donors (Lipinski definition) is 0. The van der Waals surface area contributed by atoms with Crippen molar-refractivity contribution in [2.45, 2.75) is 71.8 Å². The van der Waals surface area contributed by atoms with Crippen molar-refractivity contribution in [1.82, 2.24) is 4.31 Å². The third-order valence-electron chi connectivity index (χ3n) is 3.97. The predicted molar refractivity (Wildman–Crippen MR) is 91.9 cm³/mol. The predicted octanol–water partition coefficient (Wildman–Crippen LogP) is 3.59. The van der Waals surface area contributed by atoms with Gasteiger partial charge in [0, 0.05) is 11.4 Å². The van der Waals surface area contributed by atoms with Gasteiger partial charge in [-0.2, -0.15) is 0 Å². The van der Waals surface area contributed by atoms with Gasteiger partial charge in [-0.1, -0.05) is 52.0 Å². The van der Waals surface area contributed by atoms with Gasteiger partial charge in [-0.3, -0.25) is 0 Å². The van der Waals surface area contributed by atoms with Gasteiger partial charge < -0.3 is 9.29 Å². The molecule has 128 valence electrons. The molecule has 0 saturated carbocycles. The summed E-state index contributed by atoms with van der Waals surface area (Å²) in [6.45, 7) is 7.10. The second-order valence-corrected chi connectivity index (χ2v) is 7.24. The number of rotatable bonds is 11. The molecular weight excluding hydrogens is 298 g/mol. The maximum Gasteiger partial charge on any atom is 0.335 e. The van der Waals surface area contributed by atoms with Gasteiger partial charge in [0.05, 0.1) is 24.8 Å². The Kier molecular flexibility index (Phi) is 9.84. The largest absolute Gasteiger partial charge is 0.598 e. The van der Waals surface area contributed by atoms with Gasteiger partial charge in [0.1, 0.15) is 5.75 Å². The van der Waals surface area contributed by atoms with E-state index in [4.69, 9.17) is 4.74 Å². The van der Waals surface area contributed by atoms with Crippen LogP contribution in [0.3, 0.4) is 0 Å². The summed E-state index contributed by atoms with van der Waals surface area (Å²) < 4.78 is 19.6. The summed E-state index contributed by atoms with van der Waals surface area (Å²) >= 11 is -1.00. The highest BCUT2D eigenvalue weighted by molar-refractivity contribution is 7.89. The molecule has 0 spiro atoms. The summed E-state index contributed by atoms with van der Waals surface area (Å²) in [4.78, 5) is 12.1. The van der Waals surface area contributed by atoms with Crippen LogP contribution in [0, 0.1) is 0 Å². The van der Waals surface area contributed by atoms with Crippen molar-refractivity contribution in [3.63, 3.8) is 0 Å². The smallest absolute Gasteiger partial charge is 0.335 e. The minimum atomic E-state index is -1.00. The molecule has 0 bridgehead atoms. The van der Waals surface area contributed by atoms with Crippen molar-refractivity contribution in [1.29, 1.82) is 0 Å². The fourth-order valence-electron chi connectivity index (χ4n) is 2.71. The van der Waals surface area contributed by atoms with Crippen LogP contribution in [0.15, 0.2) is 11.6 Å². The molecule has 0 aromatic rings. The molecule has 0 N–H and O–H groups in total. The summed E-state index contributed by atoms with van der Waals surface area (Å²) in [6.07, 6.45) is 9.44. The van der Waals surface area contributed by atoms with E-state index in [-0.39, 0.29) is 12.0 Å². The Hall–Kier alpha value is -0.520. The number of esters is 1. The Bertz CT molecular complexity index is 360. The molecule has 22 heavy (non-hydrogen) atoms. The van der Waals surface area contributed by atoms with E-state index in [1.165, 1.54) is 19.3 Å². The molecule has 0 radical (unpaired) electrons. The van der Waals surface area contributed by atoms with Crippen molar-refractivity contribution in [2.24, 2.45) is 0 Å². The van der Waals surface area contributed by atoms with Crippen LogP contribution in [0.1, 0.15) is 65.7 Å². The second-order valence-electron chi connectivity index (χ2n) is 5.72. The molecule has 0 amide bonds. The Labute approximate surface area is 138 Å². The minimum absolute atomic E-state index is 0.0337. The molecule has 0 fully saturated rings. The van der Waals surface area contributed by atoms with Crippen LogP contribution >= 0.6 is 0 Å². The standard InChI is InChI=1S/C17H31NO3S/c1-4-7-9-10-11-16-15(17(19)21-6-3)12-13-18(16)22(20)14-8-5-2/h12,16H,4-11,13-14H2,1-3H3/t16-,22?/m0/s1. The van der Waals surface area contributed by atoms with Gasteiger partial charge in [0.15, 0.2) is 0 Å².